The minimum absolute atomic E-state index is 0.0534. The predicted molar refractivity (Wildman–Crippen MR) is 79.7 cm³/mol. The monoisotopic (exact) mass is 262 g/mol. The highest BCUT2D eigenvalue weighted by Crippen LogP contribution is 2.11. The number of likely N-dealkylation sites (N-methyl/N-ethyl adjacent to an activating group) is 1. The van der Waals surface area contributed by atoms with Crippen LogP contribution in [0.5, 0.6) is 0 Å². The lowest BCUT2D eigenvalue weighted by molar-refractivity contribution is -0.133. The second kappa shape index (κ2) is 7.29. The van der Waals surface area contributed by atoms with Gasteiger partial charge < -0.3 is 10.6 Å². The van der Waals surface area contributed by atoms with Gasteiger partial charge in [0.25, 0.3) is 0 Å². The zero-order chi connectivity index (χ0) is 14.4. The summed E-state index contributed by atoms with van der Waals surface area (Å²) in [7, 11) is 0. The summed E-state index contributed by atoms with van der Waals surface area (Å²) in [6.45, 7) is 9.57. The molecular weight excluding hydrogens is 236 g/mol. The van der Waals surface area contributed by atoms with Crippen molar-refractivity contribution in [3.05, 3.63) is 35.4 Å². The van der Waals surface area contributed by atoms with Crippen molar-refractivity contribution in [2.75, 3.05) is 6.54 Å². The molecule has 0 aliphatic carbocycles. The maximum Gasteiger partial charge on any atom is 0.239 e. The Morgan fingerprint density at radius 2 is 2.05 bits per heavy atom. The van der Waals surface area contributed by atoms with Crippen molar-refractivity contribution in [3.8, 4) is 0 Å². The van der Waals surface area contributed by atoms with Gasteiger partial charge in [0.05, 0.1) is 6.04 Å². The van der Waals surface area contributed by atoms with Crippen LogP contribution in [0.25, 0.3) is 0 Å². The van der Waals surface area contributed by atoms with Gasteiger partial charge in [0, 0.05) is 13.1 Å². The summed E-state index contributed by atoms with van der Waals surface area (Å²) < 4.78 is 0. The molecule has 0 aromatic heterocycles. The Bertz CT molecular complexity index is 415. The van der Waals surface area contributed by atoms with Crippen molar-refractivity contribution >= 4 is 5.91 Å². The van der Waals surface area contributed by atoms with Crippen LogP contribution in [0.2, 0.25) is 0 Å². The molecular formula is C16H26N2O. The van der Waals surface area contributed by atoms with E-state index in [-0.39, 0.29) is 11.9 Å². The van der Waals surface area contributed by atoms with Crippen LogP contribution in [-0.2, 0) is 11.3 Å². The van der Waals surface area contributed by atoms with Gasteiger partial charge in [-0.1, -0.05) is 43.7 Å². The third-order valence-corrected chi connectivity index (χ3v) is 3.19. The SMILES string of the molecule is CCN(Cc1cccc(C)c1)C(=O)[C@H](N)CC(C)C. The van der Waals surface area contributed by atoms with E-state index in [2.05, 4.69) is 39.0 Å². The number of amides is 1. The molecule has 0 unspecified atom stereocenters. The van der Waals surface area contributed by atoms with Crippen molar-refractivity contribution in [3.63, 3.8) is 0 Å². The highest BCUT2D eigenvalue weighted by molar-refractivity contribution is 5.81. The first-order chi connectivity index (χ1) is 8.93. The van der Waals surface area contributed by atoms with Gasteiger partial charge >= 0.3 is 0 Å². The van der Waals surface area contributed by atoms with Gasteiger partial charge in [0.1, 0.15) is 0 Å². The first-order valence-electron chi connectivity index (χ1n) is 7.04. The van der Waals surface area contributed by atoms with Gasteiger partial charge in [0.15, 0.2) is 0 Å². The Hall–Kier alpha value is -1.35. The normalized spacial score (nSPS) is 12.5. The molecule has 1 atom stereocenters. The molecule has 0 aliphatic heterocycles. The maximum absolute atomic E-state index is 12.3. The molecule has 19 heavy (non-hydrogen) atoms. The highest BCUT2D eigenvalue weighted by atomic mass is 16.2. The van der Waals surface area contributed by atoms with Crippen LogP contribution < -0.4 is 5.73 Å². The van der Waals surface area contributed by atoms with E-state index in [0.717, 1.165) is 12.0 Å². The van der Waals surface area contributed by atoms with Gasteiger partial charge in [0.2, 0.25) is 5.91 Å². The van der Waals surface area contributed by atoms with E-state index in [0.29, 0.717) is 19.0 Å². The number of rotatable bonds is 6. The first-order valence-corrected chi connectivity index (χ1v) is 7.04. The number of nitrogens with zero attached hydrogens (tertiary/aromatic N) is 1. The third-order valence-electron chi connectivity index (χ3n) is 3.19. The summed E-state index contributed by atoms with van der Waals surface area (Å²) >= 11 is 0. The van der Waals surface area contributed by atoms with Crippen molar-refractivity contribution < 1.29 is 4.79 Å². The molecule has 3 heteroatoms. The summed E-state index contributed by atoms with van der Waals surface area (Å²) in [6, 6.07) is 7.87. The molecule has 0 saturated carbocycles. The fraction of sp³-hybridized carbons (Fsp3) is 0.562. The number of carbonyl (C=O) groups excluding carboxylic acids is 1. The Labute approximate surface area is 116 Å². The molecule has 0 heterocycles. The topological polar surface area (TPSA) is 46.3 Å². The fourth-order valence-electron chi connectivity index (χ4n) is 2.22. The van der Waals surface area contributed by atoms with Gasteiger partial charge in [-0.2, -0.15) is 0 Å². The molecule has 0 fully saturated rings. The average molecular weight is 262 g/mol. The Morgan fingerprint density at radius 3 is 2.58 bits per heavy atom. The highest BCUT2D eigenvalue weighted by Gasteiger charge is 2.20. The lowest BCUT2D eigenvalue weighted by atomic mass is 10.0. The molecule has 1 aromatic rings. The van der Waals surface area contributed by atoms with E-state index in [1.54, 1.807) is 0 Å². The molecule has 1 rings (SSSR count). The number of benzene rings is 1. The van der Waals surface area contributed by atoms with Crippen LogP contribution >= 0.6 is 0 Å². The van der Waals surface area contributed by atoms with Crippen LogP contribution in [0, 0.1) is 12.8 Å². The summed E-state index contributed by atoms with van der Waals surface area (Å²) in [6.07, 6.45) is 0.739. The van der Waals surface area contributed by atoms with Crippen molar-refractivity contribution in [1.29, 1.82) is 0 Å². The minimum Gasteiger partial charge on any atom is -0.337 e. The molecule has 0 bridgehead atoms. The van der Waals surface area contributed by atoms with Gasteiger partial charge in [-0.3, -0.25) is 4.79 Å². The number of nitrogens with two attached hydrogens (primary N) is 1. The molecule has 2 N–H and O–H groups in total. The zero-order valence-corrected chi connectivity index (χ0v) is 12.5. The van der Waals surface area contributed by atoms with Crippen LogP contribution in [0.3, 0.4) is 0 Å². The Kier molecular flexibility index (Phi) is 6.03. The summed E-state index contributed by atoms with van der Waals surface area (Å²) in [4.78, 5) is 14.1. The lowest BCUT2D eigenvalue weighted by Gasteiger charge is -2.25. The lowest BCUT2D eigenvalue weighted by Crippen LogP contribution is -2.43. The van der Waals surface area contributed by atoms with Crippen molar-refractivity contribution in [2.24, 2.45) is 11.7 Å². The number of hydrogen-bond acceptors (Lipinski definition) is 2. The molecule has 106 valence electrons. The first kappa shape index (κ1) is 15.7. The maximum atomic E-state index is 12.3. The fourth-order valence-corrected chi connectivity index (χ4v) is 2.22. The van der Waals surface area contributed by atoms with Crippen molar-refractivity contribution in [1.82, 2.24) is 4.90 Å². The van der Waals surface area contributed by atoms with E-state index in [4.69, 9.17) is 5.73 Å². The Balaban J connectivity index is 2.70. The molecule has 1 amide bonds. The van der Waals surface area contributed by atoms with E-state index >= 15 is 0 Å². The average Bonchev–Trinajstić information content (AvgIpc) is 2.34. The largest absolute Gasteiger partial charge is 0.337 e. The molecule has 0 aliphatic rings. The van der Waals surface area contributed by atoms with Gasteiger partial charge in [-0.15, -0.1) is 0 Å². The quantitative estimate of drug-likeness (QED) is 0.857. The molecule has 0 spiro atoms. The summed E-state index contributed by atoms with van der Waals surface area (Å²) in [5.74, 6) is 0.495. The van der Waals surface area contributed by atoms with Crippen LogP contribution in [0.4, 0.5) is 0 Å². The number of carbonyl (C=O) groups is 1. The van der Waals surface area contributed by atoms with Crippen molar-refractivity contribution in [2.45, 2.75) is 46.7 Å². The zero-order valence-electron chi connectivity index (χ0n) is 12.5. The number of aryl methyl sites for hydroxylation is 1. The van der Waals surface area contributed by atoms with Gasteiger partial charge in [-0.25, -0.2) is 0 Å². The predicted octanol–water partition coefficient (Wildman–Crippen LogP) is 2.72. The van der Waals surface area contributed by atoms with Crippen LogP contribution in [0.15, 0.2) is 24.3 Å². The van der Waals surface area contributed by atoms with E-state index in [1.807, 2.05) is 17.9 Å². The molecule has 0 saturated heterocycles. The number of hydrogen-bond donors (Lipinski definition) is 1. The Morgan fingerprint density at radius 1 is 1.37 bits per heavy atom. The summed E-state index contributed by atoms with van der Waals surface area (Å²) in [5, 5.41) is 0. The smallest absolute Gasteiger partial charge is 0.239 e. The third kappa shape index (κ3) is 5.03. The molecule has 0 radical (unpaired) electrons. The second-order valence-electron chi connectivity index (χ2n) is 5.58. The molecule has 1 aromatic carbocycles. The van der Waals surface area contributed by atoms with Gasteiger partial charge in [-0.05, 0) is 31.7 Å². The molecule has 3 nitrogen and oxygen atoms in total. The van der Waals surface area contributed by atoms with E-state index in [9.17, 15) is 4.79 Å². The second-order valence-corrected chi connectivity index (χ2v) is 5.58. The van der Waals surface area contributed by atoms with Crippen LogP contribution in [-0.4, -0.2) is 23.4 Å². The minimum atomic E-state index is -0.384. The van der Waals surface area contributed by atoms with Crippen LogP contribution in [0.1, 0.15) is 38.3 Å². The standard InChI is InChI=1S/C16H26N2O/c1-5-18(16(19)15(17)9-12(2)3)11-14-8-6-7-13(4)10-14/h6-8,10,12,15H,5,9,11,17H2,1-4H3/t15-/m1/s1. The summed E-state index contributed by atoms with van der Waals surface area (Å²) in [5.41, 5.74) is 8.36. The van der Waals surface area contributed by atoms with E-state index < -0.39 is 0 Å². The van der Waals surface area contributed by atoms with E-state index in [1.165, 1.54) is 5.56 Å².